The van der Waals surface area contributed by atoms with Gasteiger partial charge in [0.05, 0.1) is 34.2 Å². The van der Waals surface area contributed by atoms with Crippen LogP contribution in [0.4, 0.5) is 0 Å². The van der Waals surface area contributed by atoms with Crippen LogP contribution in [0.25, 0.3) is 190 Å². The van der Waals surface area contributed by atoms with Crippen LogP contribution in [0.1, 0.15) is 0 Å². The summed E-state index contributed by atoms with van der Waals surface area (Å²) in [5.74, 6) is 1.58. The van der Waals surface area contributed by atoms with Gasteiger partial charge in [0, 0.05) is 76.1 Å². The lowest BCUT2D eigenvalue weighted by molar-refractivity contribution is 1.07. The molecule has 0 aliphatic rings. The van der Waals surface area contributed by atoms with Crippen LogP contribution in [0.2, 0.25) is 0 Å². The SMILES string of the molecule is c1ccc(-c2cc(-c3ccc(-c4ccccn4)cc3)cc(-c3nc(-c4cccc(-c5ccc6c(-c7ccc(-c8ccccn8)nc7)c7cc(-c8ccccc8)ccc7c(-c7ccc(-c8ccccn8)nc7)c6c5)c4)nc(-c4cc(-c5ccccc5)cc(-c5ccc(-c6ccccn6)cc5)c4)n3)c2)cc1. The summed E-state index contributed by atoms with van der Waals surface area (Å²) in [4.78, 5) is 45.5. The normalized spacial score (nSPS) is 11.3. The van der Waals surface area contributed by atoms with Gasteiger partial charge in [0.15, 0.2) is 17.5 Å². The molecule has 0 unspecified atom stereocenters. The van der Waals surface area contributed by atoms with Gasteiger partial charge < -0.3 is 0 Å². The van der Waals surface area contributed by atoms with Crippen LogP contribution in [-0.2, 0) is 0 Å². The highest BCUT2D eigenvalue weighted by molar-refractivity contribution is 6.22. The smallest absolute Gasteiger partial charge is 0.164 e. The second kappa shape index (κ2) is 27.5. The number of benzene rings is 11. The largest absolute Gasteiger partial charge is 0.256 e. The molecule has 18 rings (SSSR count). The average molecular weight is 1330 g/mol. The molecule has 11 aromatic carbocycles. The van der Waals surface area contributed by atoms with Crippen LogP contribution >= 0.6 is 0 Å². The lowest BCUT2D eigenvalue weighted by Crippen LogP contribution is -2.01. The van der Waals surface area contributed by atoms with Crippen LogP contribution in [0.15, 0.2) is 371 Å². The highest BCUT2D eigenvalue weighted by Crippen LogP contribution is 2.47. The summed E-state index contributed by atoms with van der Waals surface area (Å²) < 4.78 is 0. The molecule has 9 heteroatoms. The molecule has 0 aliphatic heterocycles. The Morgan fingerprint density at radius 2 is 0.423 bits per heavy atom. The van der Waals surface area contributed by atoms with Gasteiger partial charge in [-0.15, -0.1) is 0 Å². The molecule has 9 nitrogen and oxygen atoms in total. The van der Waals surface area contributed by atoms with E-state index in [1.165, 1.54) is 0 Å². The number of aromatic nitrogens is 9. The maximum absolute atomic E-state index is 5.57. The minimum atomic E-state index is 0.523. The molecule has 486 valence electrons. The van der Waals surface area contributed by atoms with Crippen molar-refractivity contribution in [2.24, 2.45) is 0 Å². The summed E-state index contributed by atoms with van der Waals surface area (Å²) in [5, 5.41) is 4.28. The zero-order chi connectivity index (χ0) is 69.1. The molecule has 0 radical (unpaired) electrons. The molecule has 0 bridgehead atoms. The van der Waals surface area contributed by atoms with E-state index in [2.05, 4.69) is 281 Å². The van der Waals surface area contributed by atoms with E-state index in [4.69, 9.17) is 24.9 Å². The Kier molecular flexibility index (Phi) is 16.4. The van der Waals surface area contributed by atoms with Crippen LogP contribution in [-0.4, -0.2) is 44.9 Å². The van der Waals surface area contributed by atoms with Gasteiger partial charge in [0.2, 0.25) is 0 Å². The topological polar surface area (TPSA) is 116 Å². The first-order valence-corrected chi connectivity index (χ1v) is 34.7. The van der Waals surface area contributed by atoms with E-state index in [0.717, 1.165) is 173 Å². The standard InChI is InChI=1S/C95H61N9/c1-4-19-62(20-5-1)70-39-43-81-83(58-70)91(73-41-45-89(100-60-73)87-29-12-16-49-98-87)82-44-40-71(59-84(82)92(81)74-42-46-90(101-61-74)88-30-13-17-50-99-88)69-25-18-26-72(51-69)93-102-94(79-54-75(63-21-6-2-7-22-63)52-77(56-79)65-31-35-67(36-32-65)85-27-10-14-47-96-85)104-95(103-93)80-55-76(64-23-8-3-9-24-64)53-78(57-80)66-33-37-68(38-34-66)86-28-11-15-48-97-86/h1-61H. The van der Waals surface area contributed by atoms with E-state index in [1.54, 1.807) is 12.4 Å². The summed E-state index contributed by atoms with van der Waals surface area (Å²) in [6.07, 6.45) is 11.3. The van der Waals surface area contributed by atoms with E-state index >= 15 is 0 Å². The molecule has 104 heavy (non-hydrogen) atoms. The van der Waals surface area contributed by atoms with E-state index < -0.39 is 0 Å². The quantitative estimate of drug-likeness (QED) is 0.0925. The Labute approximate surface area is 602 Å². The molecule has 0 fully saturated rings. The predicted octanol–water partition coefficient (Wildman–Crippen LogP) is 23.6. The van der Waals surface area contributed by atoms with E-state index in [9.17, 15) is 0 Å². The van der Waals surface area contributed by atoms with Gasteiger partial charge in [0.1, 0.15) is 0 Å². The molecule has 0 amide bonds. The zero-order valence-electron chi connectivity index (χ0n) is 56.2. The maximum Gasteiger partial charge on any atom is 0.164 e. The van der Waals surface area contributed by atoms with E-state index in [-0.39, 0.29) is 0 Å². The second-order valence-corrected chi connectivity index (χ2v) is 25.7. The molecule has 7 heterocycles. The van der Waals surface area contributed by atoms with Crippen LogP contribution in [0.3, 0.4) is 0 Å². The molecule has 0 aliphatic carbocycles. The predicted molar refractivity (Wildman–Crippen MR) is 423 cm³/mol. The Morgan fingerprint density at radius 1 is 0.144 bits per heavy atom. The van der Waals surface area contributed by atoms with Crippen LogP contribution in [0, 0.1) is 0 Å². The molecule has 18 aromatic rings. The number of rotatable bonds is 15. The maximum atomic E-state index is 5.57. The van der Waals surface area contributed by atoms with Crippen molar-refractivity contribution in [3.05, 3.63) is 371 Å². The van der Waals surface area contributed by atoms with Crippen molar-refractivity contribution in [1.82, 2.24) is 44.9 Å². The van der Waals surface area contributed by atoms with Crippen molar-refractivity contribution >= 4 is 21.5 Å². The minimum absolute atomic E-state index is 0.523. The van der Waals surface area contributed by atoms with E-state index in [0.29, 0.717) is 17.5 Å². The van der Waals surface area contributed by atoms with Gasteiger partial charge in [-0.1, -0.05) is 218 Å². The molecular formula is C95H61N9. The number of hydrogen-bond acceptors (Lipinski definition) is 9. The van der Waals surface area contributed by atoms with Crippen molar-refractivity contribution in [3.8, 4) is 168 Å². The fourth-order valence-electron chi connectivity index (χ4n) is 14.0. The highest BCUT2D eigenvalue weighted by atomic mass is 15.0. The molecular weight excluding hydrogens is 1270 g/mol. The molecule has 0 saturated carbocycles. The van der Waals surface area contributed by atoms with Gasteiger partial charge in [-0.3, -0.25) is 29.9 Å². The lowest BCUT2D eigenvalue weighted by Gasteiger charge is -2.20. The lowest BCUT2D eigenvalue weighted by atomic mass is 9.84. The summed E-state index contributed by atoms with van der Waals surface area (Å²) in [6.45, 7) is 0. The first-order valence-electron chi connectivity index (χ1n) is 34.7. The third-order valence-corrected chi connectivity index (χ3v) is 19.2. The average Bonchev–Trinajstić information content (AvgIpc) is 0.724. The van der Waals surface area contributed by atoms with Crippen LogP contribution in [0.5, 0.6) is 0 Å². The summed E-state index contributed by atoms with van der Waals surface area (Å²) in [6, 6.07) is 117. The number of pyridine rings is 6. The zero-order valence-corrected chi connectivity index (χ0v) is 56.2. The minimum Gasteiger partial charge on any atom is -0.256 e. The molecule has 7 aromatic heterocycles. The number of fused-ring (bicyclic) bond motifs is 2. The Balaban J connectivity index is 0.832. The molecule has 0 N–H and O–H groups in total. The Morgan fingerprint density at radius 3 is 0.808 bits per heavy atom. The first-order chi connectivity index (χ1) is 51.5. The Hall–Kier alpha value is -14.2. The van der Waals surface area contributed by atoms with Crippen molar-refractivity contribution in [2.75, 3.05) is 0 Å². The van der Waals surface area contributed by atoms with Gasteiger partial charge in [-0.25, -0.2) is 15.0 Å². The number of nitrogens with zero attached hydrogens (tertiary/aromatic N) is 9. The van der Waals surface area contributed by atoms with Crippen molar-refractivity contribution < 1.29 is 0 Å². The molecule has 0 atom stereocenters. The fourth-order valence-corrected chi connectivity index (χ4v) is 14.0. The van der Waals surface area contributed by atoms with Crippen LogP contribution < -0.4 is 0 Å². The third kappa shape index (κ3) is 12.5. The first kappa shape index (κ1) is 62.1. The van der Waals surface area contributed by atoms with Crippen molar-refractivity contribution in [3.63, 3.8) is 0 Å². The Bertz CT molecular complexity index is 5940. The monoisotopic (exact) mass is 1330 g/mol. The fraction of sp³-hybridized carbons (Fsp3) is 0. The second-order valence-electron chi connectivity index (χ2n) is 25.7. The van der Waals surface area contributed by atoms with E-state index in [1.807, 2.05) is 97.6 Å². The van der Waals surface area contributed by atoms with Crippen molar-refractivity contribution in [1.29, 1.82) is 0 Å². The van der Waals surface area contributed by atoms with Gasteiger partial charge in [0.25, 0.3) is 0 Å². The van der Waals surface area contributed by atoms with Crippen molar-refractivity contribution in [2.45, 2.75) is 0 Å². The summed E-state index contributed by atoms with van der Waals surface area (Å²) >= 11 is 0. The molecule has 0 saturated heterocycles. The van der Waals surface area contributed by atoms with Gasteiger partial charge >= 0.3 is 0 Å². The molecule has 0 spiro atoms. The summed E-state index contributed by atoms with van der Waals surface area (Å²) in [7, 11) is 0. The third-order valence-electron chi connectivity index (χ3n) is 19.2. The van der Waals surface area contributed by atoms with Gasteiger partial charge in [-0.2, -0.15) is 0 Å². The van der Waals surface area contributed by atoms with Gasteiger partial charge in [-0.05, 0) is 215 Å². The highest BCUT2D eigenvalue weighted by Gasteiger charge is 2.23. The summed E-state index contributed by atoms with van der Waals surface area (Å²) in [5.41, 5.74) is 26.2. The number of hydrogen-bond donors (Lipinski definition) is 0.